The number of tetrazole rings is 1. The van der Waals surface area contributed by atoms with Crippen LogP contribution in [0.25, 0.3) is 5.69 Å². The topological polar surface area (TPSA) is 81.9 Å². The zero-order valence-electron chi connectivity index (χ0n) is 13.5. The van der Waals surface area contributed by atoms with Gasteiger partial charge in [-0.05, 0) is 52.4 Å². The molecule has 1 N–H and O–H groups in total. The Morgan fingerprint density at radius 1 is 1.16 bits per heavy atom. The van der Waals surface area contributed by atoms with Crippen LogP contribution >= 0.6 is 11.6 Å². The van der Waals surface area contributed by atoms with Crippen LogP contribution < -0.4 is 10.1 Å². The molecule has 128 valence electrons. The summed E-state index contributed by atoms with van der Waals surface area (Å²) in [7, 11) is 1.60. The van der Waals surface area contributed by atoms with Gasteiger partial charge in [-0.2, -0.15) is 4.68 Å². The lowest BCUT2D eigenvalue weighted by atomic mass is 10.1. The van der Waals surface area contributed by atoms with Crippen LogP contribution in [0.1, 0.15) is 11.4 Å². The van der Waals surface area contributed by atoms with E-state index < -0.39 is 0 Å². The molecule has 0 unspecified atom stereocenters. The van der Waals surface area contributed by atoms with Gasteiger partial charge in [-0.25, -0.2) is 0 Å². The van der Waals surface area contributed by atoms with Crippen molar-refractivity contribution < 1.29 is 9.53 Å². The quantitative estimate of drug-likeness (QED) is 0.731. The van der Waals surface area contributed by atoms with Crippen molar-refractivity contribution in [3.8, 4) is 11.4 Å². The first-order valence-corrected chi connectivity index (χ1v) is 7.96. The van der Waals surface area contributed by atoms with E-state index in [4.69, 9.17) is 16.3 Å². The zero-order chi connectivity index (χ0) is 17.6. The predicted octanol–water partition coefficient (Wildman–Crippen LogP) is 2.18. The van der Waals surface area contributed by atoms with Gasteiger partial charge in [-0.1, -0.05) is 23.7 Å². The molecule has 7 nitrogen and oxygen atoms in total. The number of benzene rings is 2. The van der Waals surface area contributed by atoms with Crippen molar-refractivity contribution in [2.24, 2.45) is 0 Å². The summed E-state index contributed by atoms with van der Waals surface area (Å²) in [6, 6.07) is 14.5. The first-order valence-electron chi connectivity index (χ1n) is 7.58. The van der Waals surface area contributed by atoms with Crippen molar-refractivity contribution in [1.29, 1.82) is 0 Å². The molecule has 0 aliphatic heterocycles. The minimum absolute atomic E-state index is 0.119. The molecule has 0 saturated carbocycles. The monoisotopic (exact) mass is 357 g/mol. The zero-order valence-corrected chi connectivity index (χ0v) is 14.3. The maximum Gasteiger partial charge on any atom is 0.224 e. The van der Waals surface area contributed by atoms with E-state index in [0.29, 0.717) is 10.8 Å². The lowest BCUT2D eigenvalue weighted by Crippen LogP contribution is -2.26. The fraction of sp³-hybridized carbons (Fsp3) is 0.176. The Kier molecular flexibility index (Phi) is 5.25. The number of amides is 1. The standard InChI is InChI=1S/C17H16ClN5O2/c1-25-15-8-6-14(7-9-15)23-16(20-21-22-23)11-19-17(24)10-12-2-4-13(18)5-3-12/h2-9H,10-11H2,1H3,(H,19,24). The Morgan fingerprint density at radius 2 is 1.88 bits per heavy atom. The normalized spacial score (nSPS) is 10.5. The molecule has 3 aromatic rings. The molecular weight excluding hydrogens is 342 g/mol. The smallest absolute Gasteiger partial charge is 0.224 e. The van der Waals surface area contributed by atoms with Gasteiger partial charge >= 0.3 is 0 Å². The molecule has 0 fully saturated rings. The molecule has 1 aromatic heterocycles. The molecule has 0 spiro atoms. The van der Waals surface area contributed by atoms with E-state index in [9.17, 15) is 4.79 Å². The van der Waals surface area contributed by atoms with Crippen LogP contribution in [0.5, 0.6) is 5.75 Å². The molecular formula is C17H16ClN5O2. The van der Waals surface area contributed by atoms with Gasteiger partial charge in [0.2, 0.25) is 5.91 Å². The highest BCUT2D eigenvalue weighted by Crippen LogP contribution is 2.15. The van der Waals surface area contributed by atoms with Gasteiger partial charge in [0.05, 0.1) is 25.8 Å². The maximum atomic E-state index is 12.1. The van der Waals surface area contributed by atoms with Crippen LogP contribution in [0.2, 0.25) is 5.02 Å². The number of ether oxygens (including phenoxy) is 1. The van der Waals surface area contributed by atoms with Crippen molar-refractivity contribution in [2.45, 2.75) is 13.0 Å². The van der Waals surface area contributed by atoms with Gasteiger partial charge in [0, 0.05) is 5.02 Å². The third-order valence-corrected chi connectivity index (χ3v) is 3.82. The number of carbonyl (C=O) groups is 1. The molecule has 0 bridgehead atoms. The number of methoxy groups -OCH3 is 1. The maximum absolute atomic E-state index is 12.1. The molecule has 25 heavy (non-hydrogen) atoms. The summed E-state index contributed by atoms with van der Waals surface area (Å²) in [4.78, 5) is 12.1. The molecule has 8 heteroatoms. The molecule has 0 aliphatic carbocycles. The lowest BCUT2D eigenvalue weighted by Gasteiger charge is -2.07. The van der Waals surface area contributed by atoms with Crippen LogP contribution in [0, 0.1) is 0 Å². The number of carbonyl (C=O) groups excluding carboxylic acids is 1. The van der Waals surface area contributed by atoms with Gasteiger partial charge in [-0.3, -0.25) is 4.79 Å². The average Bonchev–Trinajstić information content (AvgIpc) is 3.10. The molecule has 3 rings (SSSR count). The summed E-state index contributed by atoms with van der Waals surface area (Å²) in [5, 5.41) is 15.1. The van der Waals surface area contributed by atoms with Crippen molar-refractivity contribution in [3.05, 3.63) is 64.9 Å². The van der Waals surface area contributed by atoms with Crippen LogP contribution in [-0.4, -0.2) is 33.2 Å². The van der Waals surface area contributed by atoms with E-state index in [1.165, 1.54) is 0 Å². The van der Waals surface area contributed by atoms with Crippen molar-refractivity contribution in [2.75, 3.05) is 7.11 Å². The summed E-state index contributed by atoms with van der Waals surface area (Å²) in [6.07, 6.45) is 0.265. The number of hydrogen-bond acceptors (Lipinski definition) is 5. The van der Waals surface area contributed by atoms with Gasteiger partial charge in [0.1, 0.15) is 5.75 Å². The minimum Gasteiger partial charge on any atom is -0.497 e. The van der Waals surface area contributed by atoms with E-state index in [2.05, 4.69) is 20.8 Å². The van der Waals surface area contributed by atoms with E-state index in [0.717, 1.165) is 17.0 Å². The Bertz CT molecular complexity index is 846. The van der Waals surface area contributed by atoms with Crippen molar-refractivity contribution in [3.63, 3.8) is 0 Å². The molecule has 0 saturated heterocycles. The van der Waals surface area contributed by atoms with Crippen molar-refractivity contribution >= 4 is 17.5 Å². The highest BCUT2D eigenvalue weighted by atomic mass is 35.5. The van der Waals surface area contributed by atoms with Crippen LogP contribution in [0.4, 0.5) is 0 Å². The van der Waals surface area contributed by atoms with Gasteiger partial charge in [-0.15, -0.1) is 5.10 Å². The van der Waals surface area contributed by atoms with Crippen LogP contribution in [-0.2, 0) is 17.8 Å². The second kappa shape index (κ2) is 7.76. The number of halogens is 1. The first-order chi connectivity index (χ1) is 12.2. The predicted molar refractivity (Wildman–Crippen MR) is 92.7 cm³/mol. The first kappa shape index (κ1) is 16.9. The molecule has 1 heterocycles. The summed E-state index contributed by atoms with van der Waals surface area (Å²) in [6.45, 7) is 0.228. The Balaban J connectivity index is 1.62. The summed E-state index contributed by atoms with van der Waals surface area (Å²) in [5.41, 5.74) is 1.67. The average molecular weight is 358 g/mol. The largest absolute Gasteiger partial charge is 0.497 e. The third-order valence-electron chi connectivity index (χ3n) is 3.57. The number of hydrogen-bond donors (Lipinski definition) is 1. The second-order valence-electron chi connectivity index (χ2n) is 5.28. The van der Waals surface area contributed by atoms with Gasteiger partial charge in [0.25, 0.3) is 0 Å². The Hall–Kier alpha value is -2.93. The van der Waals surface area contributed by atoms with Gasteiger partial charge in [0.15, 0.2) is 5.82 Å². The highest BCUT2D eigenvalue weighted by molar-refractivity contribution is 6.30. The van der Waals surface area contributed by atoms with E-state index >= 15 is 0 Å². The molecule has 1 amide bonds. The SMILES string of the molecule is COc1ccc(-n2nnnc2CNC(=O)Cc2ccc(Cl)cc2)cc1. The minimum atomic E-state index is -0.119. The summed E-state index contributed by atoms with van der Waals surface area (Å²) < 4.78 is 6.70. The highest BCUT2D eigenvalue weighted by Gasteiger charge is 2.10. The molecule has 0 aliphatic rings. The number of nitrogens with zero attached hydrogens (tertiary/aromatic N) is 4. The van der Waals surface area contributed by atoms with Crippen LogP contribution in [0.15, 0.2) is 48.5 Å². The van der Waals surface area contributed by atoms with Crippen LogP contribution in [0.3, 0.4) is 0 Å². The lowest BCUT2D eigenvalue weighted by molar-refractivity contribution is -0.120. The van der Waals surface area contributed by atoms with Crippen molar-refractivity contribution in [1.82, 2.24) is 25.5 Å². The molecule has 0 radical (unpaired) electrons. The number of nitrogens with one attached hydrogen (secondary N) is 1. The van der Waals surface area contributed by atoms with E-state index in [1.54, 1.807) is 23.9 Å². The van der Waals surface area contributed by atoms with Gasteiger partial charge < -0.3 is 10.1 Å². The fourth-order valence-electron chi connectivity index (χ4n) is 2.27. The fourth-order valence-corrected chi connectivity index (χ4v) is 2.39. The molecule has 2 aromatic carbocycles. The molecule has 0 atom stereocenters. The second-order valence-corrected chi connectivity index (χ2v) is 5.72. The third kappa shape index (κ3) is 4.33. The van der Waals surface area contributed by atoms with E-state index in [-0.39, 0.29) is 18.9 Å². The Morgan fingerprint density at radius 3 is 2.56 bits per heavy atom. The Labute approximate surface area is 149 Å². The number of rotatable bonds is 6. The summed E-state index contributed by atoms with van der Waals surface area (Å²) >= 11 is 5.84. The van der Waals surface area contributed by atoms with E-state index in [1.807, 2.05) is 36.4 Å². The summed E-state index contributed by atoms with van der Waals surface area (Å²) in [5.74, 6) is 1.16. The number of aromatic nitrogens is 4.